The molecule has 0 bridgehead atoms. The highest BCUT2D eigenvalue weighted by molar-refractivity contribution is 5.66. The molecule has 0 saturated carbocycles. The molecule has 0 heterocycles. The molecule has 1 radical (unpaired) electrons. The van der Waals surface area contributed by atoms with Crippen molar-refractivity contribution in [2.24, 2.45) is 0 Å². The lowest BCUT2D eigenvalue weighted by molar-refractivity contribution is 0.796. The van der Waals surface area contributed by atoms with Crippen molar-refractivity contribution in [3.05, 3.63) is 60.2 Å². The number of benzene rings is 2. The summed E-state index contributed by atoms with van der Waals surface area (Å²) >= 11 is 0. The Morgan fingerprint density at radius 3 is 2.56 bits per heavy atom. The normalized spacial score (nSPS) is 10.3. The van der Waals surface area contributed by atoms with Gasteiger partial charge in [0.15, 0.2) is 0 Å². The first-order valence-corrected chi connectivity index (χ1v) is 5.97. The average Bonchev–Trinajstić information content (AvgIpc) is 2.38. The van der Waals surface area contributed by atoms with Crippen molar-refractivity contribution in [2.45, 2.75) is 26.2 Å². The number of rotatable bonds is 4. The van der Waals surface area contributed by atoms with Crippen LogP contribution < -0.4 is 0 Å². The van der Waals surface area contributed by atoms with Crippen LogP contribution in [0.25, 0.3) is 11.1 Å². The molecular formula is C16H17. The summed E-state index contributed by atoms with van der Waals surface area (Å²) in [4.78, 5) is 0. The smallest absolute Gasteiger partial charge is 0.00991 e. The Hall–Kier alpha value is -1.56. The maximum absolute atomic E-state index is 3.30. The van der Waals surface area contributed by atoms with Crippen molar-refractivity contribution >= 4 is 0 Å². The molecule has 2 aromatic rings. The van der Waals surface area contributed by atoms with E-state index in [-0.39, 0.29) is 0 Å². The molecule has 0 spiro atoms. The van der Waals surface area contributed by atoms with Gasteiger partial charge in [0.2, 0.25) is 0 Å². The van der Waals surface area contributed by atoms with Gasteiger partial charge in [0.05, 0.1) is 0 Å². The van der Waals surface area contributed by atoms with E-state index in [1.54, 1.807) is 0 Å². The summed E-state index contributed by atoms with van der Waals surface area (Å²) in [6.07, 6.45) is 3.66. The minimum atomic E-state index is 1.16. The third kappa shape index (κ3) is 2.52. The maximum Gasteiger partial charge on any atom is -0.00991 e. The Morgan fingerprint density at radius 2 is 1.81 bits per heavy atom. The molecule has 0 unspecified atom stereocenters. The van der Waals surface area contributed by atoms with Crippen LogP contribution in [0.4, 0.5) is 0 Å². The van der Waals surface area contributed by atoms with Gasteiger partial charge in [0.25, 0.3) is 0 Å². The van der Waals surface area contributed by atoms with Crippen LogP contribution in [0.3, 0.4) is 0 Å². The van der Waals surface area contributed by atoms with Crippen molar-refractivity contribution in [1.82, 2.24) is 0 Å². The first kappa shape index (κ1) is 10.9. The van der Waals surface area contributed by atoms with Gasteiger partial charge in [-0.15, -0.1) is 0 Å². The fraction of sp³-hybridized carbons (Fsp3) is 0.250. The van der Waals surface area contributed by atoms with E-state index < -0.39 is 0 Å². The Balaban J connectivity index is 2.33. The quantitative estimate of drug-likeness (QED) is 0.695. The first-order chi connectivity index (χ1) is 7.92. The number of aryl methyl sites for hydroxylation is 1. The van der Waals surface area contributed by atoms with Crippen molar-refractivity contribution in [3.63, 3.8) is 0 Å². The van der Waals surface area contributed by atoms with Gasteiger partial charge in [-0.25, -0.2) is 0 Å². The van der Waals surface area contributed by atoms with E-state index in [0.29, 0.717) is 0 Å². The number of hydrogen-bond donors (Lipinski definition) is 0. The molecule has 0 heteroatoms. The molecule has 0 amide bonds. The van der Waals surface area contributed by atoms with Crippen molar-refractivity contribution < 1.29 is 0 Å². The van der Waals surface area contributed by atoms with E-state index in [4.69, 9.17) is 0 Å². The first-order valence-electron chi connectivity index (χ1n) is 5.97. The molecule has 0 aliphatic carbocycles. The zero-order valence-electron chi connectivity index (χ0n) is 9.74. The standard InChI is InChI=1S/C16H17/c1-2-3-9-14-12-7-8-13-16(14)15-10-5-4-6-11-15/h4-8,10,12-13H,2-3,9H2,1H3. The fourth-order valence-corrected chi connectivity index (χ4v) is 1.93. The molecule has 81 valence electrons. The highest BCUT2D eigenvalue weighted by atomic mass is 14.1. The average molecular weight is 209 g/mol. The van der Waals surface area contributed by atoms with Gasteiger partial charge in [0.1, 0.15) is 0 Å². The van der Waals surface area contributed by atoms with Crippen LogP contribution in [0.5, 0.6) is 0 Å². The third-order valence-electron chi connectivity index (χ3n) is 2.82. The number of hydrogen-bond acceptors (Lipinski definition) is 0. The van der Waals surface area contributed by atoms with Gasteiger partial charge in [-0.3, -0.25) is 0 Å². The molecule has 0 atom stereocenters. The van der Waals surface area contributed by atoms with E-state index >= 15 is 0 Å². The summed E-state index contributed by atoms with van der Waals surface area (Å²) in [6, 6.07) is 20.1. The number of unbranched alkanes of at least 4 members (excludes halogenated alkanes) is 1. The second-order valence-corrected chi connectivity index (χ2v) is 4.04. The van der Waals surface area contributed by atoms with E-state index in [0.717, 1.165) is 6.42 Å². The highest BCUT2D eigenvalue weighted by Crippen LogP contribution is 2.24. The van der Waals surface area contributed by atoms with Crippen molar-refractivity contribution in [3.8, 4) is 11.1 Å². The minimum absolute atomic E-state index is 1.16. The second kappa shape index (κ2) is 5.50. The van der Waals surface area contributed by atoms with Crippen molar-refractivity contribution in [2.75, 3.05) is 0 Å². The summed E-state index contributed by atoms with van der Waals surface area (Å²) in [5.74, 6) is 0. The van der Waals surface area contributed by atoms with Crippen LogP contribution in [0.15, 0.2) is 48.5 Å². The van der Waals surface area contributed by atoms with Gasteiger partial charge in [-0.2, -0.15) is 0 Å². The fourth-order valence-electron chi connectivity index (χ4n) is 1.93. The molecule has 16 heavy (non-hydrogen) atoms. The Labute approximate surface area is 97.9 Å². The zero-order valence-corrected chi connectivity index (χ0v) is 9.74. The van der Waals surface area contributed by atoms with Gasteiger partial charge in [0, 0.05) is 0 Å². The molecule has 0 fully saturated rings. The lowest BCUT2D eigenvalue weighted by Gasteiger charge is -2.08. The Bertz CT molecular complexity index is 429. The van der Waals surface area contributed by atoms with Gasteiger partial charge in [-0.1, -0.05) is 61.9 Å². The monoisotopic (exact) mass is 209 g/mol. The lowest BCUT2D eigenvalue weighted by Crippen LogP contribution is -1.89. The van der Waals surface area contributed by atoms with Crippen molar-refractivity contribution in [1.29, 1.82) is 0 Å². The molecule has 0 N–H and O–H groups in total. The predicted octanol–water partition coefficient (Wildman–Crippen LogP) is 4.50. The van der Waals surface area contributed by atoms with E-state index in [2.05, 4.69) is 49.4 Å². The summed E-state index contributed by atoms with van der Waals surface area (Å²) in [6.45, 7) is 2.23. The Morgan fingerprint density at radius 1 is 1.00 bits per heavy atom. The van der Waals surface area contributed by atoms with Gasteiger partial charge >= 0.3 is 0 Å². The summed E-state index contributed by atoms with van der Waals surface area (Å²) < 4.78 is 0. The summed E-state index contributed by atoms with van der Waals surface area (Å²) in [5, 5.41) is 0. The van der Waals surface area contributed by atoms with Crippen LogP contribution in [0.1, 0.15) is 25.3 Å². The van der Waals surface area contributed by atoms with Gasteiger partial charge in [-0.05, 0) is 35.6 Å². The molecular weight excluding hydrogens is 192 g/mol. The van der Waals surface area contributed by atoms with E-state index in [1.807, 2.05) is 12.1 Å². The van der Waals surface area contributed by atoms with Crippen LogP contribution in [-0.2, 0) is 6.42 Å². The van der Waals surface area contributed by atoms with Gasteiger partial charge < -0.3 is 0 Å². The molecule has 0 saturated heterocycles. The molecule has 0 aliphatic rings. The van der Waals surface area contributed by atoms with E-state index in [9.17, 15) is 0 Å². The SMILES string of the molecule is CCCCc1ccccc1-c1[c]cccc1. The maximum atomic E-state index is 3.30. The highest BCUT2D eigenvalue weighted by Gasteiger charge is 2.03. The Kier molecular flexibility index (Phi) is 3.76. The summed E-state index contributed by atoms with van der Waals surface area (Å²) in [5.41, 5.74) is 3.97. The van der Waals surface area contributed by atoms with Crippen LogP contribution >= 0.6 is 0 Å². The topological polar surface area (TPSA) is 0 Å². The predicted molar refractivity (Wildman–Crippen MR) is 69.3 cm³/mol. The molecule has 0 aromatic heterocycles. The molecule has 2 aromatic carbocycles. The lowest BCUT2D eigenvalue weighted by atomic mass is 9.96. The minimum Gasteiger partial charge on any atom is -0.0654 e. The zero-order chi connectivity index (χ0) is 11.2. The molecule has 0 aliphatic heterocycles. The molecule has 2 rings (SSSR count). The largest absolute Gasteiger partial charge is 0.0654 e. The van der Waals surface area contributed by atoms with Crippen LogP contribution in [0, 0.1) is 6.07 Å². The second-order valence-electron chi connectivity index (χ2n) is 4.04. The summed E-state index contributed by atoms with van der Waals surface area (Å²) in [7, 11) is 0. The molecule has 0 nitrogen and oxygen atoms in total. The van der Waals surface area contributed by atoms with E-state index in [1.165, 1.54) is 29.5 Å². The third-order valence-corrected chi connectivity index (χ3v) is 2.82. The van der Waals surface area contributed by atoms with Crippen LogP contribution in [-0.4, -0.2) is 0 Å². The van der Waals surface area contributed by atoms with Crippen LogP contribution in [0.2, 0.25) is 0 Å².